The number of carbonyl (C=O) groups is 1. The first-order valence-electron chi connectivity index (χ1n) is 10.3. The molecule has 168 valence electrons. The molecule has 0 aromatic heterocycles. The van der Waals surface area contributed by atoms with Crippen LogP contribution in [0.2, 0.25) is 0 Å². The topological polar surface area (TPSA) is 57.2 Å². The Morgan fingerprint density at radius 3 is 2.26 bits per heavy atom. The van der Waals surface area contributed by atoms with Gasteiger partial charge in [-0.15, -0.1) is 6.42 Å². The van der Waals surface area contributed by atoms with Crippen LogP contribution in [0.15, 0.2) is 29.4 Å². The molecule has 1 aliphatic rings. The first kappa shape index (κ1) is 24.4. The van der Waals surface area contributed by atoms with Crippen molar-refractivity contribution in [2.45, 2.75) is 39.7 Å². The summed E-state index contributed by atoms with van der Waals surface area (Å²) in [5, 5.41) is 0. The third-order valence-electron chi connectivity index (χ3n) is 5.46. The van der Waals surface area contributed by atoms with Crippen LogP contribution in [-0.2, 0) is 16.0 Å². The summed E-state index contributed by atoms with van der Waals surface area (Å²) >= 11 is 0. The van der Waals surface area contributed by atoms with Gasteiger partial charge in [0.25, 0.3) is 0 Å². The second-order valence-corrected chi connectivity index (χ2v) is 7.55. The van der Waals surface area contributed by atoms with Crippen molar-refractivity contribution in [1.29, 1.82) is 0 Å². The third-order valence-corrected chi connectivity index (χ3v) is 5.46. The molecule has 2 rings (SSSR count). The molecule has 0 spiro atoms. The number of carbonyl (C=O) groups excluding carboxylic acids is 1. The average Bonchev–Trinajstić information content (AvgIpc) is 2.77. The van der Waals surface area contributed by atoms with Crippen LogP contribution < -0.4 is 19.1 Å². The fraction of sp³-hybridized carbons (Fsp3) is 0.480. The second kappa shape index (κ2) is 10.9. The monoisotopic (exact) mass is 427 g/mol. The maximum absolute atomic E-state index is 13.3. The van der Waals surface area contributed by atoms with Gasteiger partial charge in [0.2, 0.25) is 11.7 Å². The van der Waals surface area contributed by atoms with E-state index in [-0.39, 0.29) is 11.8 Å². The summed E-state index contributed by atoms with van der Waals surface area (Å²) in [5.74, 6) is 4.04. The molecule has 1 unspecified atom stereocenters. The Kier molecular flexibility index (Phi) is 8.58. The van der Waals surface area contributed by atoms with Crippen molar-refractivity contribution >= 4 is 11.6 Å². The number of nitrogens with zero attached hydrogens (tertiary/aromatic N) is 1. The lowest BCUT2D eigenvalue weighted by atomic mass is 9.91. The minimum Gasteiger partial charge on any atom is -0.493 e. The first-order chi connectivity index (χ1) is 14.9. The van der Waals surface area contributed by atoms with E-state index >= 15 is 0 Å². The molecule has 0 fully saturated rings. The van der Waals surface area contributed by atoms with Gasteiger partial charge < -0.3 is 23.8 Å². The van der Waals surface area contributed by atoms with Gasteiger partial charge in [-0.1, -0.05) is 25.8 Å². The van der Waals surface area contributed by atoms with Crippen molar-refractivity contribution in [3.05, 3.63) is 34.9 Å². The van der Waals surface area contributed by atoms with Crippen LogP contribution in [-0.4, -0.2) is 47.0 Å². The number of rotatable bonds is 6. The minimum atomic E-state index is -0.472. The molecule has 0 aliphatic carbocycles. The first-order valence-corrected chi connectivity index (χ1v) is 10.3. The fourth-order valence-electron chi connectivity index (χ4n) is 3.83. The molecule has 0 saturated heterocycles. The normalized spacial score (nSPS) is 17.6. The summed E-state index contributed by atoms with van der Waals surface area (Å²) < 4.78 is 22.3. The van der Waals surface area contributed by atoms with Crippen molar-refractivity contribution in [2.75, 3.05) is 39.9 Å². The highest BCUT2D eigenvalue weighted by Gasteiger charge is 2.30. The fourth-order valence-corrected chi connectivity index (χ4v) is 3.83. The maximum atomic E-state index is 13.3. The molecule has 1 aliphatic heterocycles. The van der Waals surface area contributed by atoms with E-state index in [1.807, 2.05) is 32.9 Å². The lowest BCUT2D eigenvalue weighted by Crippen LogP contribution is -2.38. The number of allylic oxidation sites excluding steroid dienone is 1. The van der Waals surface area contributed by atoms with E-state index in [9.17, 15) is 4.79 Å². The lowest BCUT2D eigenvalue weighted by Gasteiger charge is -2.33. The van der Waals surface area contributed by atoms with Crippen LogP contribution in [0.4, 0.5) is 5.69 Å². The molecule has 1 aromatic rings. The second-order valence-electron chi connectivity index (χ2n) is 7.55. The number of ether oxygens (including phenoxy) is 4. The van der Waals surface area contributed by atoms with Gasteiger partial charge in [0.1, 0.15) is 6.10 Å². The summed E-state index contributed by atoms with van der Waals surface area (Å²) in [6.45, 7) is 6.13. The van der Waals surface area contributed by atoms with Crippen LogP contribution >= 0.6 is 0 Å². The Balaban J connectivity index is 2.80. The molecule has 0 radical (unpaired) electrons. The molecule has 0 saturated carbocycles. The van der Waals surface area contributed by atoms with Crippen molar-refractivity contribution in [3.63, 3.8) is 0 Å². The van der Waals surface area contributed by atoms with Gasteiger partial charge in [-0.2, -0.15) is 0 Å². The van der Waals surface area contributed by atoms with Crippen LogP contribution in [0.3, 0.4) is 0 Å². The van der Waals surface area contributed by atoms with Gasteiger partial charge in [-0.25, -0.2) is 0 Å². The minimum absolute atomic E-state index is 0.00606. The van der Waals surface area contributed by atoms with Crippen molar-refractivity contribution < 1.29 is 23.7 Å². The number of methoxy groups -OCH3 is 4. The zero-order chi connectivity index (χ0) is 23.1. The molecule has 1 atom stereocenters. The SMILES string of the molecule is C#CC(/C=C1/CN(C(=O)C(C)C)c2cc(OC)c(OC)c(OC)c2CC/C1=C/C)OC. The van der Waals surface area contributed by atoms with E-state index in [0.717, 1.165) is 28.8 Å². The number of anilines is 1. The van der Waals surface area contributed by atoms with E-state index < -0.39 is 6.10 Å². The average molecular weight is 428 g/mol. The van der Waals surface area contributed by atoms with Gasteiger partial charge in [-0.3, -0.25) is 4.79 Å². The number of benzene rings is 1. The Labute approximate surface area is 185 Å². The van der Waals surface area contributed by atoms with E-state index in [2.05, 4.69) is 12.0 Å². The predicted molar refractivity (Wildman–Crippen MR) is 123 cm³/mol. The number of amides is 1. The zero-order valence-electron chi connectivity index (χ0n) is 19.6. The van der Waals surface area contributed by atoms with Crippen LogP contribution in [0.1, 0.15) is 32.8 Å². The summed E-state index contributed by atoms with van der Waals surface area (Å²) in [4.78, 5) is 15.1. The molecule has 6 nitrogen and oxygen atoms in total. The Hall–Kier alpha value is -2.91. The van der Waals surface area contributed by atoms with Gasteiger partial charge in [0, 0.05) is 24.7 Å². The number of terminal acetylenes is 1. The number of hydrogen-bond acceptors (Lipinski definition) is 5. The standard InChI is InChI=1S/C25H33NO5/c1-9-17-11-12-20-21(14-22(29-6)24(31-8)23(20)30-7)26(25(27)16(3)4)15-18(17)13-19(10-2)28-5/h2,9,13-14,16,19H,11-12,15H2,1,3-8H3/b17-9-,18-13-. The molecular weight excluding hydrogens is 394 g/mol. The third kappa shape index (κ3) is 5.05. The highest BCUT2D eigenvalue weighted by atomic mass is 16.5. The molecule has 1 heterocycles. The van der Waals surface area contributed by atoms with E-state index in [4.69, 9.17) is 25.4 Å². The molecule has 1 amide bonds. The van der Waals surface area contributed by atoms with Gasteiger partial charge in [-0.05, 0) is 37.0 Å². The van der Waals surface area contributed by atoms with Crippen LogP contribution in [0.5, 0.6) is 17.2 Å². The van der Waals surface area contributed by atoms with E-state index in [1.165, 1.54) is 0 Å². The largest absolute Gasteiger partial charge is 0.493 e. The quantitative estimate of drug-likeness (QED) is 0.638. The Bertz CT molecular complexity index is 907. The van der Waals surface area contributed by atoms with Crippen molar-refractivity contribution in [3.8, 4) is 29.6 Å². The predicted octanol–water partition coefficient (Wildman–Crippen LogP) is 4.17. The summed E-state index contributed by atoms with van der Waals surface area (Å²) in [7, 11) is 6.33. The van der Waals surface area contributed by atoms with Gasteiger partial charge >= 0.3 is 0 Å². The van der Waals surface area contributed by atoms with Crippen LogP contribution in [0, 0.1) is 18.3 Å². The number of fused-ring (bicyclic) bond motifs is 1. The van der Waals surface area contributed by atoms with Gasteiger partial charge in [0.15, 0.2) is 11.5 Å². The maximum Gasteiger partial charge on any atom is 0.229 e. The number of hydrogen-bond donors (Lipinski definition) is 0. The van der Waals surface area contributed by atoms with Crippen LogP contribution in [0.25, 0.3) is 0 Å². The van der Waals surface area contributed by atoms with Crippen molar-refractivity contribution in [1.82, 2.24) is 0 Å². The smallest absolute Gasteiger partial charge is 0.229 e. The highest BCUT2D eigenvalue weighted by Crippen LogP contribution is 2.47. The van der Waals surface area contributed by atoms with Gasteiger partial charge in [0.05, 0.1) is 33.6 Å². The zero-order valence-corrected chi connectivity index (χ0v) is 19.6. The summed E-state index contributed by atoms with van der Waals surface area (Å²) in [6.07, 6.45) is 10.5. The molecule has 0 bridgehead atoms. The lowest BCUT2D eigenvalue weighted by molar-refractivity contribution is -0.121. The van der Waals surface area contributed by atoms with E-state index in [0.29, 0.717) is 30.2 Å². The molecule has 31 heavy (non-hydrogen) atoms. The highest BCUT2D eigenvalue weighted by molar-refractivity contribution is 5.97. The summed E-state index contributed by atoms with van der Waals surface area (Å²) in [5.41, 5.74) is 3.75. The molecule has 1 aromatic carbocycles. The Morgan fingerprint density at radius 1 is 1.10 bits per heavy atom. The molecule has 0 N–H and O–H groups in total. The molecule has 6 heteroatoms. The van der Waals surface area contributed by atoms with Crippen molar-refractivity contribution in [2.24, 2.45) is 5.92 Å². The Morgan fingerprint density at radius 2 is 1.77 bits per heavy atom. The summed E-state index contributed by atoms with van der Waals surface area (Å²) in [6, 6.07) is 1.85. The molecular formula is C25H33NO5. The van der Waals surface area contributed by atoms with E-state index in [1.54, 1.807) is 33.3 Å².